The molecule has 0 aromatic heterocycles. The summed E-state index contributed by atoms with van der Waals surface area (Å²) in [5, 5.41) is 21.5. The molecule has 0 fully saturated rings. The van der Waals surface area contributed by atoms with Gasteiger partial charge in [0.2, 0.25) is 0 Å². The summed E-state index contributed by atoms with van der Waals surface area (Å²) >= 11 is 0. The molecule has 0 aliphatic heterocycles. The molecule has 2 aromatic rings. The molecule has 22 heavy (non-hydrogen) atoms. The summed E-state index contributed by atoms with van der Waals surface area (Å²) in [5.41, 5.74) is 0.417. The van der Waals surface area contributed by atoms with Crippen LogP contribution in [-0.2, 0) is 11.3 Å². The van der Waals surface area contributed by atoms with Crippen LogP contribution in [0.4, 0.5) is 0 Å². The Morgan fingerprint density at radius 1 is 0.955 bits per heavy atom. The van der Waals surface area contributed by atoms with Gasteiger partial charge in [0.05, 0.1) is 13.2 Å². The number of hydrogen-bond acceptors (Lipinski definition) is 3. The van der Waals surface area contributed by atoms with Gasteiger partial charge in [-0.2, -0.15) is 0 Å². The molecule has 0 spiro atoms. The van der Waals surface area contributed by atoms with Crippen molar-refractivity contribution in [3.05, 3.63) is 71.8 Å². The van der Waals surface area contributed by atoms with E-state index in [0.29, 0.717) is 12.2 Å². The predicted molar refractivity (Wildman–Crippen MR) is 87.3 cm³/mol. The van der Waals surface area contributed by atoms with E-state index in [1.165, 1.54) is 0 Å². The zero-order valence-corrected chi connectivity index (χ0v) is 13.1. The standard InChI is InChI=1S/C19H24O3/c1-15(2)19(21,18(20)17-11-7-4-8-12-17)14-22-13-16-9-5-3-6-10-16/h3-12,15,18,20-21H,13-14H2,1-2H3/t18-,19+/m0/s1. The number of hydrogen-bond donors (Lipinski definition) is 2. The molecular weight excluding hydrogens is 276 g/mol. The summed E-state index contributed by atoms with van der Waals surface area (Å²) in [4.78, 5) is 0. The third-order valence-corrected chi connectivity index (χ3v) is 4.03. The quantitative estimate of drug-likeness (QED) is 0.824. The molecule has 0 saturated heterocycles. The van der Waals surface area contributed by atoms with Crippen LogP contribution >= 0.6 is 0 Å². The Morgan fingerprint density at radius 3 is 2.05 bits per heavy atom. The van der Waals surface area contributed by atoms with Gasteiger partial charge >= 0.3 is 0 Å². The van der Waals surface area contributed by atoms with Gasteiger partial charge in [-0.05, 0) is 17.0 Å². The van der Waals surface area contributed by atoms with E-state index in [0.717, 1.165) is 5.56 Å². The van der Waals surface area contributed by atoms with Crippen molar-refractivity contribution in [1.29, 1.82) is 0 Å². The normalized spacial score (nSPS) is 15.5. The fourth-order valence-electron chi connectivity index (χ4n) is 2.39. The lowest BCUT2D eigenvalue weighted by Crippen LogP contribution is -2.46. The van der Waals surface area contributed by atoms with Crippen molar-refractivity contribution < 1.29 is 14.9 Å². The summed E-state index contributed by atoms with van der Waals surface area (Å²) < 4.78 is 5.68. The lowest BCUT2D eigenvalue weighted by Gasteiger charge is -2.36. The largest absolute Gasteiger partial charge is 0.385 e. The third-order valence-electron chi connectivity index (χ3n) is 4.03. The van der Waals surface area contributed by atoms with Crippen LogP contribution in [0.5, 0.6) is 0 Å². The van der Waals surface area contributed by atoms with E-state index < -0.39 is 11.7 Å². The van der Waals surface area contributed by atoms with Crippen molar-refractivity contribution in [2.24, 2.45) is 5.92 Å². The molecule has 0 aliphatic rings. The van der Waals surface area contributed by atoms with Crippen molar-refractivity contribution in [2.75, 3.05) is 6.61 Å². The first-order valence-electron chi connectivity index (χ1n) is 7.61. The maximum absolute atomic E-state index is 10.9. The highest BCUT2D eigenvalue weighted by molar-refractivity contribution is 5.21. The number of benzene rings is 2. The molecule has 3 nitrogen and oxygen atoms in total. The van der Waals surface area contributed by atoms with Gasteiger partial charge in [-0.25, -0.2) is 0 Å². The molecule has 0 aliphatic carbocycles. The average molecular weight is 300 g/mol. The minimum Gasteiger partial charge on any atom is -0.385 e. The zero-order valence-electron chi connectivity index (χ0n) is 13.1. The van der Waals surface area contributed by atoms with Crippen LogP contribution < -0.4 is 0 Å². The highest BCUT2D eigenvalue weighted by atomic mass is 16.5. The van der Waals surface area contributed by atoms with Crippen molar-refractivity contribution in [2.45, 2.75) is 32.2 Å². The lowest BCUT2D eigenvalue weighted by atomic mass is 9.82. The molecule has 2 atom stereocenters. The molecule has 118 valence electrons. The summed E-state index contributed by atoms with van der Waals surface area (Å²) in [6, 6.07) is 19.0. The Bertz CT molecular complexity index is 553. The van der Waals surface area contributed by atoms with Gasteiger partial charge < -0.3 is 14.9 Å². The smallest absolute Gasteiger partial charge is 0.120 e. The summed E-state index contributed by atoms with van der Waals surface area (Å²) in [5.74, 6) is -0.140. The van der Waals surface area contributed by atoms with E-state index in [-0.39, 0.29) is 12.5 Å². The number of rotatable bonds is 7. The average Bonchev–Trinajstić information content (AvgIpc) is 2.55. The Hall–Kier alpha value is -1.68. The van der Waals surface area contributed by atoms with Crippen molar-refractivity contribution >= 4 is 0 Å². The minimum absolute atomic E-state index is 0.0790. The summed E-state index contributed by atoms with van der Waals surface area (Å²) in [6.07, 6.45) is -0.982. The topological polar surface area (TPSA) is 49.7 Å². The van der Waals surface area contributed by atoms with Crippen molar-refractivity contribution in [3.8, 4) is 0 Å². The molecule has 2 N–H and O–H groups in total. The predicted octanol–water partition coefficient (Wildman–Crippen LogP) is 3.32. The van der Waals surface area contributed by atoms with Gasteiger partial charge in [0.1, 0.15) is 11.7 Å². The third kappa shape index (κ3) is 3.95. The van der Waals surface area contributed by atoms with E-state index >= 15 is 0 Å². The fourth-order valence-corrected chi connectivity index (χ4v) is 2.39. The van der Waals surface area contributed by atoms with E-state index in [4.69, 9.17) is 4.74 Å². The highest BCUT2D eigenvalue weighted by Gasteiger charge is 2.40. The Balaban J connectivity index is 2.05. The summed E-state index contributed by atoms with van der Waals surface area (Å²) in [7, 11) is 0. The first-order chi connectivity index (χ1) is 10.5. The van der Waals surface area contributed by atoms with E-state index in [1.54, 1.807) is 0 Å². The summed E-state index contributed by atoms with van der Waals surface area (Å²) in [6.45, 7) is 4.27. The van der Waals surface area contributed by atoms with Gasteiger partial charge in [-0.15, -0.1) is 0 Å². The molecule has 3 heteroatoms. The van der Waals surface area contributed by atoms with Crippen LogP contribution in [0, 0.1) is 5.92 Å². The minimum atomic E-state index is -1.32. The number of aliphatic hydroxyl groups excluding tert-OH is 1. The van der Waals surface area contributed by atoms with Crippen LogP contribution in [0.1, 0.15) is 31.1 Å². The lowest BCUT2D eigenvalue weighted by molar-refractivity contribution is -0.151. The molecule has 0 amide bonds. The molecular formula is C19H24O3. The second kappa shape index (κ2) is 7.54. The van der Waals surface area contributed by atoms with Gasteiger partial charge in [0.15, 0.2) is 0 Å². The van der Waals surface area contributed by atoms with Crippen LogP contribution in [-0.4, -0.2) is 22.4 Å². The van der Waals surface area contributed by atoms with Crippen LogP contribution in [0.2, 0.25) is 0 Å². The van der Waals surface area contributed by atoms with Crippen molar-refractivity contribution in [3.63, 3.8) is 0 Å². The molecule has 2 rings (SSSR count). The monoisotopic (exact) mass is 300 g/mol. The second-order valence-electron chi connectivity index (χ2n) is 5.94. The van der Waals surface area contributed by atoms with E-state index in [9.17, 15) is 10.2 Å². The van der Waals surface area contributed by atoms with Crippen LogP contribution in [0.15, 0.2) is 60.7 Å². The molecule has 0 heterocycles. The first kappa shape index (κ1) is 16.7. The molecule has 0 unspecified atom stereocenters. The molecule has 0 radical (unpaired) electrons. The molecule has 0 bridgehead atoms. The Kier molecular flexibility index (Phi) is 5.72. The van der Waals surface area contributed by atoms with Gasteiger partial charge in [-0.3, -0.25) is 0 Å². The van der Waals surface area contributed by atoms with E-state index in [1.807, 2.05) is 74.5 Å². The SMILES string of the molecule is CC(C)[C@](O)(COCc1ccccc1)[C@@H](O)c1ccccc1. The number of ether oxygens (including phenoxy) is 1. The maximum Gasteiger partial charge on any atom is 0.120 e. The molecule has 2 aromatic carbocycles. The second-order valence-corrected chi connectivity index (χ2v) is 5.94. The first-order valence-corrected chi connectivity index (χ1v) is 7.61. The van der Waals surface area contributed by atoms with Crippen LogP contribution in [0.25, 0.3) is 0 Å². The van der Waals surface area contributed by atoms with Crippen LogP contribution in [0.3, 0.4) is 0 Å². The van der Waals surface area contributed by atoms with Crippen molar-refractivity contribution in [1.82, 2.24) is 0 Å². The Labute approximate surface area is 132 Å². The Morgan fingerprint density at radius 2 is 1.50 bits per heavy atom. The fraction of sp³-hybridized carbons (Fsp3) is 0.368. The number of aliphatic hydroxyl groups is 2. The zero-order chi connectivity index (χ0) is 16.0. The van der Waals surface area contributed by atoms with E-state index in [2.05, 4.69) is 0 Å². The van der Waals surface area contributed by atoms with Gasteiger partial charge in [-0.1, -0.05) is 74.5 Å². The van der Waals surface area contributed by atoms with Gasteiger partial charge in [0.25, 0.3) is 0 Å². The van der Waals surface area contributed by atoms with Gasteiger partial charge in [0, 0.05) is 0 Å². The maximum atomic E-state index is 10.9. The molecule has 0 saturated carbocycles. The highest BCUT2D eigenvalue weighted by Crippen LogP contribution is 2.32.